The minimum absolute atomic E-state index is 0.126. The fraction of sp³-hybridized carbons (Fsp3) is 0.625. The predicted octanol–water partition coefficient (Wildman–Crippen LogP) is 2.89. The quantitative estimate of drug-likeness (QED) is 0.897. The molecule has 1 aromatic rings. The van der Waals surface area contributed by atoms with Gasteiger partial charge in [-0.2, -0.15) is 0 Å². The molecule has 0 radical (unpaired) electrons. The number of hydrogen-bond donors (Lipinski definition) is 1. The second-order valence-corrected chi connectivity index (χ2v) is 5.73. The Morgan fingerprint density at radius 3 is 2.90 bits per heavy atom. The molecule has 0 amide bonds. The van der Waals surface area contributed by atoms with E-state index < -0.39 is 0 Å². The third kappa shape index (κ3) is 3.13. The van der Waals surface area contributed by atoms with Gasteiger partial charge in [0.25, 0.3) is 0 Å². The van der Waals surface area contributed by atoms with Gasteiger partial charge in [-0.05, 0) is 50.6 Å². The van der Waals surface area contributed by atoms with Gasteiger partial charge in [0.2, 0.25) is 0 Å². The van der Waals surface area contributed by atoms with E-state index in [9.17, 15) is 4.39 Å². The highest BCUT2D eigenvalue weighted by molar-refractivity contribution is 5.57. The SMILES string of the molecule is CNC(C)c1cc(F)c(C)cc1N1CCC(COC)C1. The van der Waals surface area contributed by atoms with Gasteiger partial charge in [-0.25, -0.2) is 4.39 Å². The third-order valence-electron chi connectivity index (χ3n) is 4.24. The Kier molecular flexibility index (Phi) is 5.00. The molecule has 112 valence electrons. The highest BCUT2D eigenvalue weighted by atomic mass is 19.1. The average Bonchev–Trinajstić information content (AvgIpc) is 2.89. The van der Waals surface area contributed by atoms with Gasteiger partial charge in [0.05, 0.1) is 6.61 Å². The maximum Gasteiger partial charge on any atom is 0.126 e. The number of halogens is 1. The normalized spacial score (nSPS) is 20.4. The molecule has 1 aliphatic rings. The lowest BCUT2D eigenvalue weighted by atomic mass is 10.0. The number of nitrogens with zero attached hydrogens (tertiary/aromatic N) is 1. The molecular weight excluding hydrogens is 255 g/mol. The fourth-order valence-corrected chi connectivity index (χ4v) is 2.88. The van der Waals surface area contributed by atoms with Gasteiger partial charge in [-0.1, -0.05) is 0 Å². The summed E-state index contributed by atoms with van der Waals surface area (Å²) in [6.45, 7) is 6.70. The van der Waals surface area contributed by atoms with Crippen LogP contribution in [0.25, 0.3) is 0 Å². The first-order chi connectivity index (χ1) is 9.56. The van der Waals surface area contributed by atoms with Crippen molar-refractivity contribution in [1.82, 2.24) is 5.32 Å². The second-order valence-electron chi connectivity index (χ2n) is 5.73. The third-order valence-corrected chi connectivity index (χ3v) is 4.24. The summed E-state index contributed by atoms with van der Waals surface area (Å²) in [6.07, 6.45) is 1.14. The average molecular weight is 280 g/mol. The molecule has 4 heteroatoms. The van der Waals surface area contributed by atoms with E-state index in [1.165, 1.54) is 0 Å². The van der Waals surface area contributed by atoms with Crippen LogP contribution >= 0.6 is 0 Å². The van der Waals surface area contributed by atoms with Crippen molar-refractivity contribution in [3.8, 4) is 0 Å². The highest BCUT2D eigenvalue weighted by Crippen LogP contribution is 2.32. The summed E-state index contributed by atoms with van der Waals surface area (Å²) in [5.41, 5.74) is 2.90. The van der Waals surface area contributed by atoms with E-state index in [-0.39, 0.29) is 11.9 Å². The summed E-state index contributed by atoms with van der Waals surface area (Å²) in [5.74, 6) is 0.446. The van der Waals surface area contributed by atoms with Crippen molar-refractivity contribution in [2.24, 2.45) is 5.92 Å². The fourth-order valence-electron chi connectivity index (χ4n) is 2.88. The van der Waals surface area contributed by atoms with E-state index in [1.807, 2.05) is 20.0 Å². The minimum atomic E-state index is -0.126. The lowest BCUT2D eigenvalue weighted by Gasteiger charge is -2.25. The van der Waals surface area contributed by atoms with Gasteiger partial charge < -0.3 is 15.0 Å². The van der Waals surface area contributed by atoms with Crippen LogP contribution < -0.4 is 10.2 Å². The monoisotopic (exact) mass is 280 g/mol. The van der Waals surface area contributed by atoms with Crippen molar-refractivity contribution in [1.29, 1.82) is 0 Å². The molecule has 0 saturated carbocycles. The van der Waals surface area contributed by atoms with Crippen molar-refractivity contribution in [2.75, 3.05) is 38.8 Å². The number of anilines is 1. The van der Waals surface area contributed by atoms with E-state index in [1.54, 1.807) is 13.2 Å². The number of nitrogens with one attached hydrogen (secondary N) is 1. The summed E-state index contributed by atoms with van der Waals surface area (Å²) >= 11 is 0. The van der Waals surface area contributed by atoms with Crippen LogP contribution in [-0.4, -0.2) is 33.9 Å². The number of methoxy groups -OCH3 is 1. The van der Waals surface area contributed by atoms with Crippen molar-refractivity contribution in [3.63, 3.8) is 0 Å². The van der Waals surface area contributed by atoms with Gasteiger partial charge in [-0.15, -0.1) is 0 Å². The molecule has 3 nitrogen and oxygen atoms in total. The number of ether oxygens (including phenoxy) is 1. The van der Waals surface area contributed by atoms with Crippen LogP contribution in [-0.2, 0) is 4.74 Å². The molecule has 1 aliphatic heterocycles. The Bertz CT molecular complexity index is 464. The summed E-state index contributed by atoms with van der Waals surface area (Å²) < 4.78 is 19.1. The molecule has 0 spiro atoms. The minimum Gasteiger partial charge on any atom is -0.384 e. The molecular formula is C16H25FN2O. The van der Waals surface area contributed by atoms with Gasteiger partial charge in [0, 0.05) is 37.8 Å². The Balaban J connectivity index is 2.28. The summed E-state index contributed by atoms with van der Waals surface area (Å²) in [6, 6.07) is 3.80. The molecule has 0 aliphatic carbocycles. The predicted molar refractivity (Wildman–Crippen MR) is 80.8 cm³/mol. The lowest BCUT2D eigenvalue weighted by molar-refractivity contribution is 0.161. The molecule has 20 heavy (non-hydrogen) atoms. The van der Waals surface area contributed by atoms with Crippen LogP contribution in [0.4, 0.5) is 10.1 Å². The molecule has 1 saturated heterocycles. The van der Waals surface area contributed by atoms with Crippen molar-refractivity contribution >= 4 is 5.69 Å². The first-order valence-electron chi connectivity index (χ1n) is 7.28. The first kappa shape index (κ1) is 15.3. The zero-order chi connectivity index (χ0) is 14.7. The summed E-state index contributed by atoms with van der Waals surface area (Å²) in [4.78, 5) is 2.36. The second kappa shape index (κ2) is 6.55. The zero-order valence-corrected chi connectivity index (χ0v) is 12.9. The van der Waals surface area contributed by atoms with Gasteiger partial charge >= 0.3 is 0 Å². The van der Waals surface area contributed by atoms with Gasteiger partial charge in [0.1, 0.15) is 5.82 Å². The standard InChI is InChI=1S/C16H25FN2O/c1-11-7-16(14(8-15(11)17)12(2)18-3)19-6-5-13(9-19)10-20-4/h7-8,12-13,18H,5-6,9-10H2,1-4H3. The first-order valence-corrected chi connectivity index (χ1v) is 7.28. The Hall–Kier alpha value is -1.13. The Labute approximate surface area is 121 Å². The van der Waals surface area contributed by atoms with Crippen LogP contribution in [0, 0.1) is 18.7 Å². The smallest absolute Gasteiger partial charge is 0.126 e. The molecule has 0 aromatic heterocycles. The van der Waals surface area contributed by atoms with E-state index in [4.69, 9.17) is 4.74 Å². The number of aryl methyl sites for hydroxylation is 1. The zero-order valence-electron chi connectivity index (χ0n) is 12.9. The van der Waals surface area contributed by atoms with Crippen molar-refractivity contribution in [2.45, 2.75) is 26.3 Å². The number of benzene rings is 1. The largest absolute Gasteiger partial charge is 0.384 e. The molecule has 1 N–H and O–H groups in total. The van der Waals surface area contributed by atoms with E-state index in [0.29, 0.717) is 11.5 Å². The van der Waals surface area contributed by atoms with Crippen LogP contribution in [0.5, 0.6) is 0 Å². The Morgan fingerprint density at radius 2 is 2.25 bits per heavy atom. The van der Waals surface area contributed by atoms with E-state index in [2.05, 4.69) is 17.1 Å². The lowest BCUT2D eigenvalue weighted by Crippen LogP contribution is -2.25. The van der Waals surface area contributed by atoms with Crippen LogP contribution in [0.3, 0.4) is 0 Å². The molecule has 2 atom stereocenters. The molecule has 2 rings (SSSR count). The number of hydrogen-bond acceptors (Lipinski definition) is 3. The highest BCUT2D eigenvalue weighted by Gasteiger charge is 2.25. The van der Waals surface area contributed by atoms with Gasteiger partial charge in [0.15, 0.2) is 0 Å². The molecule has 1 aromatic carbocycles. The number of rotatable bonds is 5. The van der Waals surface area contributed by atoms with Crippen LogP contribution in [0.1, 0.15) is 30.5 Å². The molecule has 0 bridgehead atoms. The molecule has 1 fully saturated rings. The van der Waals surface area contributed by atoms with Crippen molar-refractivity contribution in [3.05, 3.63) is 29.1 Å². The summed E-state index contributed by atoms with van der Waals surface area (Å²) in [5, 5.41) is 3.21. The van der Waals surface area contributed by atoms with Crippen molar-refractivity contribution < 1.29 is 9.13 Å². The summed E-state index contributed by atoms with van der Waals surface area (Å²) in [7, 11) is 3.66. The topological polar surface area (TPSA) is 24.5 Å². The Morgan fingerprint density at radius 1 is 1.50 bits per heavy atom. The maximum absolute atomic E-state index is 13.9. The van der Waals surface area contributed by atoms with E-state index in [0.717, 1.165) is 37.4 Å². The maximum atomic E-state index is 13.9. The van der Waals surface area contributed by atoms with Crippen LogP contribution in [0.2, 0.25) is 0 Å². The van der Waals surface area contributed by atoms with E-state index >= 15 is 0 Å². The van der Waals surface area contributed by atoms with Gasteiger partial charge in [-0.3, -0.25) is 0 Å². The molecule has 2 unspecified atom stereocenters. The van der Waals surface area contributed by atoms with Crippen LogP contribution in [0.15, 0.2) is 12.1 Å². The molecule has 1 heterocycles.